The summed E-state index contributed by atoms with van der Waals surface area (Å²) in [5.74, 6) is 8.28. The van der Waals surface area contributed by atoms with Crippen LogP contribution in [0.5, 0.6) is 17.2 Å². The Bertz CT molecular complexity index is 1890. The van der Waals surface area contributed by atoms with Gasteiger partial charge in [0.1, 0.15) is 41.8 Å². The van der Waals surface area contributed by atoms with Gasteiger partial charge in [-0.05, 0) is 62.1 Å². The molecular formula is C31H28N8O3. The Balaban J connectivity index is 1.14. The Labute approximate surface area is 241 Å². The van der Waals surface area contributed by atoms with Gasteiger partial charge in [-0.2, -0.15) is 5.10 Å². The first-order valence-corrected chi connectivity index (χ1v) is 13.8. The molecule has 11 nitrogen and oxygen atoms in total. The lowest BCUT2D eigenvalue weighted by molar-refractivity contribution is -0.115. The number of fused-ring (bicyclic) bond motifs is 4. The summed E-state index contributed by atoms with van der Waals surface area (Å²) in [4.78, 5) is 27.5. The Morgan fingerprint density at radius 2 is 2.07 bits per heavy atom. The van der Waals surface area contributed by atoms with E-state index in [2.05, 4.69) is 53.5 Å². The number of hydrogen-bond acceptors (Lipinski definition) is 9. The van der Waals surface area contributed by atoms with Crippen LogP contribution >= 0.6 is 0 Å². The molecule has 210 valence electrons. The van der Waals surface area contributed by atoms with Crippen LogP contribution < -0.4 is 25.0 Å². The van der Waals surface area contributed by atoms with Gasteiger partial charge in [0.2, 0.25) is 0 Å². The normalized spacial score (nSPS) is 16.9. The molecule has 3 aromatic heterocycles. The summed E-state index contributed by atoms with van der Waals surface area (Å²) in [5, 5.41) is 11.3. The summed E-state index contributed by atoms with van der Waals surface area (Å²) in [6.07, 6.45) is 6.13. The summed E-state index contributed by atoms with van der Waals surface area (Å²) < 4.78 is 14.2. The van der Waals surface area contributed by atoms with Crippen LogP contribution in [0.4, 0.5) is 17.2 Å². The number of hydrogen-bond donors (Lipinski definition) is 2. The Hall–Kier alpha value is -5.37. The SMILES string of the molecule is CC#CC(=O)NCCN1C[C@@H]2CC2Oc2cc3ncnc(Nc4ccc(Oc5ccn6ncnc6c5)c(C)c4)c3cc21. The third kappa shape index (κ3) is 5.10. The number of pyridine rings is 1. The molecule has 2 aliphatic rings. The Morgan fingerprint density at radius 1 is 1.14 bits per heavy atom. The lowest BCUT2D eigenvalue weighted by Crippen LogP contribution is -2.35. The Morgan fingerprint density at radius 3 is 2.95 bits per heavy atom. The van der Waals surface area contributed by atoms with Crippen molar-refractivity contribution in [2.24, 2.45) is 5.92 Å². The molecule has 1 fully saturated rings. The fraction of sp³-hybridized carbons (Fsp3) is 0.258. The summed E-state index contributed by atoms with van der Waals surface area (Å²) in [5.41, 5.74) is 4.30. The van der Waals surface area contributed by atoms with E-state index in [1.54, 1.807) is 17.8 Å². The van der Waals surface area contributed by atoms with Crippen molar-refractivity contribution >= 4 is 39.6 Å². The average Bonchev–Trinajstić information content (AvgIpc) is 3.56. The molecule has 11 heteroatoms. The number of aromatic nitrogens is 5. The molecule has 1 unspecified atom stereocenters. The molecule has 5 aromatic rings. The van der Waals surface area contributed by atoms with Crippen molar-refractivity contribution in [2.45, 2.75) is 26.4 Å². The molecule has 4 heterocycles. The van der Waals surface area contributed by atoms with Gasteiger partial charge in [-0.1, -0.05) is 5.92 Å². The molecule has 1 amide bonds. The molecule has 0 radical (unpaired) electrons. The summed E-state index contributed by atoms with van der Waals surface area (Å²) in [6, 6.07) is 13.7. The minimum Gasteiger partial charge on any atom is -0.488 e. The van der Waals surface area contributed by atoms with Gasteiger partial charge in [0.05, 0.1) is 11.2 Å². The molecule has 1 saturated carbocycles. The molecule has 7 rings (SSSR count). The number of nitrogens with zero attached hydrogens (tertiary/aromatic N) is 6. The zero-order chi connectivity index (χ0) is 28.6. The lowest BCUT2D eigenvalue weighted by atomic mass is 10.1. The van der Waals surface area contributed by atoms with Crippen LogP contribution in [0, 0.1) is 24.7 Å². The van der Waals surface area contributed by atoms with Crippen molar-refractivity contribution in [1.82, 2.24) is 29.9 Å². The van der Waals surface area contributed by atoms with Crippen molar-refractivity contribution in [3.8, 4) is 29.1 Å². The maximum absolute atomic E-state index is 11.9. The van der Waals surface area contributed by atoms with E-state index in [9.17, 15) is 4.79 Å². The largest absolute Gasteiger partial charge is 0.488 e. The number of ether oxygens (including phenoxy) is 2. The van der Waals surface area contributed by atoms with Crippen LogP contribution in [0.3, 0.4) is 0 Å². The Kier molecular flexibility index (Phi) is 6.43. The number of nitrogens with one attached hydrogen (secondary N) is 2. The molecule has 2 atom stereocenters. The molecule has 42 heavy (non-hydrogen) atoms. The average molecular weight is 561 g/mol. The van der Waals surface area contributed by atoms with Crippen molar-refractivity contribution < 1.29 is 14.3 Å². The maximum atomic E-state index is 11.9. The van der Waals surface area contributed by atoms with Crippen molar-refractivity contribution in [1.29, 1.82) is 0 Å². The highest BCUT2D eigenvalue weighted by atomic mass is 16.5. The number of carbonyl (C=O) groups is 1. The number of benzene rings is 2. The van der Waals surface area contributed by atoms with E-state index in [1.165, 1.54) is 6.33 Å². The van der Waals surface area contributed by atoms with Crippen LogP contribution in [0.2, 0.25) is 0 Å². The van der Waals surface area contributed by atoms with Gasteiger partial charge in [-0.25, -0.2) is 19.5 Å². The first-order valence-electron chi connectivity index (χ1n) is 13.8. The number of aryl methyl sites for hydroxylation is 1. The zero-order valence-corrected chi connectivity index (χ0v) is 23.2. The summed E-state index contributed by atoms with van der Waals surface area (Å²) in [6.45, 7) is 5.64. The molecule has 2 aromatic carbocycles. The van der Waals surface area contributed by atoms with E-state index >= 15 is 0 Å². The molecule has 1 aliphatic carbocycles. The number of amides is 1. The topological polar surface area (TPSA) is 119 Å². The smallest absolute Gasteiger partial charge is 0.295 e. The molecule has 1 aliphatic heterocycles. The third-order valence-corrected chi connectivity index (χ3v) is 7.47. The van der Waals surface area contributed by atoms with E-state index in [1.807, 2.05) is 49.5 Å². The van der Waals surface area contributed by atoms with Gasteiger partial charge in [-0.15, -0.1) is 0 Å². The highest BCUT2D eigenvalue weighted by Crippen LogP contribution is 2.45. The van der Waals surface area contributed by atoms with Gasteiger partial charge >= 0.3 is 0 Å². The molecule has 0 spiro atoms. The van der Waals surface area contributed by atoms with Gasteiger partial charge in [0, 0.05) is 55.0 Å². The van der Waals surface area contributed by atoms with Crippen molar-refractivity contribution in [3.63, 3.8) is 0 Å². The maximum Gasteiger partial charge on any atom is 0.295 e. The standard InChI is InChI=1S/C31H28N8O3/c1-3-4-30(40)32-8-10-38-16-20-12-27(20)42-28-15-24-23(14-25(28)38)31(35-17-33-24)37-21-5-6-26(19(2)11-21)41-22-7-9-39-29(13-22)34-18-36-39/h5-7,9,11,13-15,17-18,20,27H,8,10,12,16H2,1-2H3,(H,32,40)(H,33,35,37)/t20-,27?/m0/s1. The third-order valence-electron chi connectivity index (χ3n) is 7.47. The first kappa shape index (κ1) is 25.6. The van der Waals surface area contributed by atoms with Gasteiger partial charge in [0.25, 0.3) is 5.91 Å². The number of anilines is 3. The highest BCUT2D eigenvalue weighted by molar-refractivity contribution is 5.95. The van der Waals surface area contributed by atoms with Crippen molar-refractivity contribution in [3.05, 3.63) is 66.9 Å². The molecule has 0 bridgehead atoms. The zero-order valence-electron chi connectivity index (χ0n) is 23.2. The number of rotatable bonds is 7. The van der Waals surface area contributed by atoms with Crippen LogP contribution in [0.15, 0.2) is 61.3 Å². The van der Waals surface area contributed by atoms with Crippen LogP contribution in [0.1, 0.15) is 18.9 Å². The van der Waals surface area contributed by atoms with E-state index in [0.29, 0.717) is 36.2 Å². The predicted molar refractivity (Wildman–Crippen MR) is 158 cm³/mol. The second-order valence-corrected chi connectivity index (χ2v) is 10.4. The van der Waals surface area contributed by atoms with Crippen molar-refractivity contribution in [2.75, 3.05) is 29.9 Å². The van der Waals surface area contributed by atoms with Crippen LogP contribution in [-0.4, -0.2) is 56.2 Å². The van der Waals surface area contributed by atoms with E-state index in [0.717, 1.165) is 52.3 Å². The summed E-state index contributed by atoms with van der Waals surface area (Å²) in [7, 11) is 0. The quantitative estimate of drug-likeness (QED) is 0.282. The second-order valence-electron chi connectivity index (χ2n) is 10.4. The monoisotopic (exact) mass is 560 g/mol. The second kappa shape index (κ2) is 10.6. The fourth-order valence-corrected chi connectivity index (χ4v) is 5.25. The predicted octanol–water partition coefficient (Wildman–Crippen LogP) is 4.24. The first-order chi connectivity index (χ1) is 20.5. The molecule has 2 N–H and O–H groups in total. The van der Waals surface area contributed by atoms with Gasteiger partial charge < -0.3 is 25.0 Å². The van der Waals surface area contributed by atoms with Crippen LogP contribution in [-0.2, 0) is 4.79 Å². The fourth-order valence-electron chi connectivity index (χ4n) is 5.25. The summed E-state index contributed by atoms with van der Waals surface area (Å²) >= 11 is 0. The minimum absolute atomic E-state index is 0.216. The number of carbonyl (C=O) groups excluding carboxylic acids is 1. The van der Waals surface area contributed by atoms with Gasteiger partial charge in [0.15, 0.2) is 5.65 Å². The van der Waals surface area contributed by atoms with E-state index in [-0.39, 0.29) is 12.0 Å². The highest BCUT2D eigenvalue weighted by Gasteiger charge is 2.43. The molecular weight excluding hydrogens is 532 g/mol. The molecule has 0 saturated heterocycles. The van der Waals surface area contributed by atoms with E-state index in [4.69, 9.17) is 9.47 Å². The van der Waals surface area contributed by atoms with E-state index < -0.39 is 0 Å². The minimum atomic E-state index is -0.269. The van der Waals surface area contributed by atoms with Crippen LogP contribution in [0.25, 0.3) is 16.6 Å². The lowest BCUT2D eigenvalue weighted by Gasteiger charge is -2.25. The van der Waals surface area contributed by atoms with Gasteiger partial charge in [-0.3, -0.25) is 4.79 Å².